The molecule has 4 rings (SSSR count). The number of hydrogen-bond acceptors (Lipinski definition) is 2. The summed E-state index contributed by atoms with van der Waals surface area (Å²) in [7, 11) is 0. The van der Waals surface area contributed by atoms with Crippen molar-refractivity contribution in [1.29, 1.82) is 0 Å². The summed E-state index contributed by atoms with van der Waals surface area (Å²) in [6.07, 6.45) is 6.70. The standard InChI is InChI=1S/C33H34N2/c1-5-29(35(31-14-10-7-11-15-31)33-23-18-27(3)19-24-33)25-20-28(4)34(30-12-8-6-9-13-30)32-21-16-26(2)17-22-32/h5-25,28H,1-4H3/b25-20-,29-5+/t28-/m1/s1. The molecule has 0 aliphatic heterocycles. The van der Waals surface area contributed by atoms with Crippen molar-refractivity contribution in [3.8, 4) is 0 Å². The molecular weight excluding hydrogens is 424 g/mol. The Kier molecular flexibility index (Phi) is 7.84. The molecule has 0 radical (unpaired) electrons. The monoisotopic (exact) mass is 458 g/mol. The third kappa shape index (κ3) is 5.91. The van der Waals surface area contributed by atoms with Crippen molar-refractivity contribution in [2.75, 3.05) is 9.80 Å². The van der Waals surface area contributed by atoms with E-state index >= 15 is 0 Å². The fourth-order valence-electron chi connectivity index (χ4n) is 4.26. The first-order valence-corrected chi connectivity index (χ1v) is 12.2. The van der Waals surface area contributed by atoms with Crippen LogP contribution in [0.25, 0.3) is 0 Å². The van der Waals surface area contributed by atoms with Gasteiger partial charge in [0.25, 0.3) is 0 Å². The Bertz CT molecular complexity index is 1250. The number of nitrogens with zero attached hydrogens (tertiary/aromatic N) is 2. The molecule has 2 heteroatoms. The molecule has 1 atom stereocenters. The first kappa shape index (κ1) is 24.1. The highest BCUT2D eigenvalue weighted by Gasteiger charge is 2.16. The quantitative estimate of drug-likeness (QED) is 0.243. The second-order valence-electron chi connectivity index (χ2n) is 8.86. The van der Waals surface area contributed by atoms with Gasteiger partial charge in [-0.3, -0.25) is 0 Å². The lowest BCUT2D eigenvalue weighted by molar-refractivity contribution is 0.862. The van der Waals surface area contributed by atoms with E-state index in [0.717, 1.165) is 17.1 Å². The van der Waals surface area contributed by atoms with Crippen LogP contribution in [0.5, 0.6) is 0 Å². The molecule has 0 saturated heterocycles. The summed E-state index contributed by atoms with van der Waals surface area (Å²) in [6, 6.07) is 38.7. The predicted molar refractivity (Wildman–Crippen MR) is 152 cm³/mol. The largest absolute Gasteiger partial charge is 0.335 e. The minimum absolute atomic E-state index is 0.144. The minimum atomic E-state index is 0.144. The molecular formula is C33H34N2. The Morgan fingerprint density at radius 3 is 1.54 bits per heavy atom. The summed E-state index contributed by atoms with van der Waals surface area (Å²) in [5, 5.41) is 0. The van der Waals surface area contributed by atoms with Crippen LogP contribution in [-0.2, 0) is 0 Å². The van der Waals surface area contributed by atoms with E-state index in [9.17, 15) is 0 Å². The van der Waals surface area contributed by atoms with Crippen molar-refractivity contribution in [3.63, 3.8) is 0 Å². The Labute approximate surface area is 210 Å². The van der Waals surface area contributed by atoms with Gasteiger partial charge in [0.15, 0.2) is 0 Å². The molecule has 4 aromatic carbocycles. The smallest absolute Gasteiger partial charge is 0.0497 e. The van der Waals surface area contributed by atoms with E-state index in [0.29, 0.717) is 0 Å². The highest BCUT2D eigenvalue weighted by atomic mass is 15.2. The Morgan fingerprint density at radius 2 is 1.03 bits per heavy atom. The van der Waals surface area contributed by atoms with Crippen molar-refractivity contribution in [2.24, 2.45) is 0 Å². The summed E-state index contributed by atoms with van der Waals surface area (Å²) in [4.78, 5) is 4.68. The molecule has 35 heavy (non-hydrogen) atoms. The normalized spacial score (nSPS) is 12.5. The SMILES string of the molecule is C/C=C(\C=C/[C@@H](C)N(c1ccccc1)c1ccc(C)cc1)N(c1ccccc1)c1ccc(C)cc1. The van der Waals surface area contributed by atoms with Gasteiger partial charge in [-0.05, 0) is 82.3 Å². The molecule has 2 nitrogen and oxygen atoms in total. The van der Waals surface area contributed by atoms with Gasteiger partial charge in [-0.25, -0.2) is 0 Å². The Balaban J connectivity index is 1.69. The first-order valence-electron chi connectivity index (χ1n) is 12.2. The van der Waals surface area contributed by atoms with Gasteiger partial charge in [-0.15, -0.1) is 0 Å². The summed E-state index contributed by atoms with van der Waals surface area (Å²) in [6.45, 7) is 8.60. The second kappa shape index (κ2) is 11.4. The van der Waals surface area contributed by atoms with Gasteiger partial charge >= 0.3 is 0 Å². The topological polar surface area (TPSA) is 6.48 Å². The van der Waals surface area contributed by atoms with E-state index in [1.807, 2.05) is 0 Å². The third-order valence-corrected chi connectivity index (χ3v) is 6.16. The summed E-state index contributed by atoms with van der Waals surface area (Å²) < 4.78 is 0. The lowest BCUT2D eigenvalue weighted by Gasteiger charge is -2.31. The van der Waals surface area contributed by atoms with Gasteiger partial charge in [0.05, 0.1) is 0 Å². The average molecular weight is 459 g/mol. The first-order chi connectivity index (χ1) is 17.1. The zero-order valence-corrected chi connectivity index (χ0v) is 21.1. The van der Waals surface area contributed by atoms with Gasteiger partial charge in [-0.2, -0.15) is 0 Å². The zero-order chi connectivity index (χ0) is 24.6. The van der Waals surface area contributed by atoms with Crippen LogP contribution in [0.1, 0.15) is 25.0 Å². The number of para-hydroxylation sites is 2. The molecule has 0 saturated carbocycles. The van der Waals surface area contributed by atoms with E-state index in [1.165, 1.54) is 22.5 Å². The van der Waals surface area contributed by atoms with Crippen LogP contribution in [0.2, 0.25) is 0 Å². The fourth-order valence-corrected chi connectivity index (χ4v) is 4.26. The second-order valence-corrected chi connectivity index (χ2v) is 8.86. The number of hydrogen-bond donors (Lipinski definition) is 0. The molecule has 0 bridgehead atoms. The van der Waals surface area contributed by atoms with Crippen LogP contribution >= 0.6 is 0 Å². The molecule has 176 valence electrons. The maximum absolute atomic E-state index is 2.38. The van der Waals surface area contributed by atoms with Crippen LogP contribution in [0.4, 0.5) is 22.7 Å². The zero-order valence-electron chi connectivity index (χ0n) is 21.1. The number of benzene rings is 4. The molecule has 4 aromatic rings. The Hall–Kier alpha value is -4.04. The van der Waals surface area contributed by atoms with E-state index in [2.05, 4.69) is 165 Å². The molecule has 0 aliphatic rings. The van der Waals surface area contributed by atoms with Gasteiger partial charge < -0.3 is 9.80 Å². The van der Waals surface area contributed by atoms with Crippen LogP contribution in [0, 0.1) is 13.8 Å². The number of rotatable bonds is 8. The van der Waals surface area contributed by atoms with Gasteiger partial charge in [0.1, 0.15) is 0 Å². The van der Waals surface area contributed by atoms with Crippen molar-refractivity contribution in [3.05, 3.63) is 144 Å². The molecule has 0 heterocycles. The molecule has 0 amide bonds. The Morgan fingerprint density at radius 1 is 0.600 bits per heavy atom. The fraction of sp³-hybridized carbons (Fsp3) is 0.152. The lowest BCUT2D eigenvalue weighted by Crippen LogP contribution is -2.27. The average Bonchev–Trinajstić information content (AvgIpc) is 2.90. The minimum Gasteiger partial charge on any atom is -0.335 e. The third-order valence-electron chi connectivity index (χ3n) is 6.16. The van der Waals surface area contributed by atoms with Crippen molar-refractivity contribution in [2.45, 2.75) is 33.7 Å². The maximum Gasteiger partial charge on any atom is 0.0497 e. The van der Waals surface area contributed by atoms with Crippen molar-refractivity contribution in [1.82, 2.24) is 0 Å². The number of allylic oxidation sites excluding steroid dienone is 2. The van der Waals surface area contributed by atoms with Gasteiger partial charge in [-0.1, -0.05) is 83.9 Å². The van der Waals surface area contributed by atoms with Gasteiger partial charge in [0.2, 0.25) is 0 Å². The summed E-state index contributed by atoms with van der Waals surface area (Å²) >= 11 is 0. The van der Waals surface area contributed by atoms with E-state index in [1.54, 1.807) is 0 Å². The predicted octanol–water partition coefficient (Wildman–Crippen LogP) is 9.13. The van der Waals surface area contributed by atoms with Crippen LogP contribution in [0.15, 0.2) is 133 Å². The molecule has 0 aromatic heterocycles. The molecule has 0 aliphatic carbocycles. The van der Waals surface area contributed by atoms with E-state index in [-0.39, 0.29) is 6.04 Å². The maximum atomic E-state index is 2.38. The van der Waals surface area contributed by atoms with E-state index in [4.69, 9.17) is 0 Å². The highest BCUT2D eigenvalue weighted by Crippen LogP contribution is 2.32. The van der Waals surface area contributed by atoms with Crippen molar-refractivity contribution >= 4 is 22.7 Å². The molecule has 0 fully saturated rings. The van der Waals surface area contributed by atoms with Crippen LogP contribution in [-0.4, -0.2) is 6.04 Å². The molecule has 0 N–H and O–H groups in total. The number of anilines is 4. The van der Waals surface area contributed by atoms with Crippen molar-refractivity contribution < 1.29 is 0 Å². The molecule has 0 unspecified atom stereocenters. The van der Waals surface area contributed by atoms with E-state index < -0.39 is 0 Å². The number of aryl methyl sites for hydroxylation is 2. The van der Waals surface area contributed by atoms with Gasteiger partial charge in [0, 0.05) is 34.5 Å². The summed E-state index contributed by atoms with van der Waals surface area (Å²) in [5.41, 5.74) is 8.28. The lowest BCUT2D eigenvalue weighted by atomic mass is 10.1. The highest BCUT2D eigenvalue weighted by molar-refractivity contribution is 5.70. The molecule has 0 spiro atoms. The van der Waals surface area contributed by atoms with Crippen LogP contribution in [0.3, 0.4) is 0 Å². The van der Waals surface area contributed by atoms with Crippen LogP contribution < -0.4 is 9.80 Å². The summed E-state index contributed by atoms with van der Waals surface area (Å²) in [5.74, 6) is 0.